The summed E-state index contributed by atoms with van der Waals surface area (Å²) >= 11 is 0. The Morgan fingerprint density at radius 1 is 1.00 bits per heavy atom. The van der Waals surface area contributed by atoms with Crippen LogP contribution in [0.1, 0.15) is 46.9 Å². The fourth-order valence-corrected chi connectivity index (χ4v) is 5.86. The molecule has 0 aliphatic carbocycles. The van der Waals surface area contributed by atoms with Crippen molar-refractivity contribution >= 4 is 21.4 Å². The first kappa shape index (κ1) is 30.5. The van der Waals surface area contributed by atoms with Crippen molar-refractivity contribution < 1.29 is 31.5 Å². The predicted octanol–water partition coefficient (Wildman–Crippen LogP) is 4.67. The average Bonchev–Trinajstić information content (AvgIpc) is 2.96. The van der Waals surface area contributed by atoms with Gasteiger partial charge in [0.1, 0.15) is 0 Å². The molecule has 1 amide bonds. The average molecular weight is 590 g/mol. The zero-order valence-electron chi connectivity index (χ0n) is 22.9. The maximum absolute atomic E-state index is 12.9. The molecule has 1 saturated heterocycles. The SMILES string of the molecule is CCS(=O)(=O)c1ccc([C@H](CO)NC(=O)c2ccc(N3CCN(Cc4ccc(C(F)(F)F)cc4)C[C@H]3C)cc2)cc1. The lowest BCUT2D eigenvalue weighted by molar-refractivity contribution is -0.137. The summed E-state index contributed by atoms with van der Waals surface area (Å²) in [4.78, 5) is 17.5. The topological polar surface area (TPSA) is 89.9 Å². The molecule has 7 nitrogen and oxygen atoms in total. The van der Waals surface area contributed by atoms with E-state index in [1.54, 1.807) is 31.2 Å². The molecule has 2 atom stereocenters. The Morgan fingerprint density at radius 3 is 2.17 bits per heavy atom. The van der Waals surface area contributed by atoms with Crippen LogP contribution < -0.4 is 10.2 Å². The monoisotopic (exact) mass is 589 g/mol. The molecule has 2 N–H and O–H groups in total. The summed E-state index contributed by atoms with van der Waals surface area (Å²) in [7, 11) is -3.34. The number of alkyl halides is 3. The highest BCUT2D eigenvalue weighted by Crippen LogP contribution is 2.29. The molecule has 3 aromatic rings. The van der Waals surface area contributed by atoms with Gasteiger partial charge in [0.05, 0.1) is 28.9 Å². The number of aliphatic hydroxyl groups is 1. The summed E-state index contributed by atoms with van der Waals surface area (Å²) in [6.45, 7) is 6.07. The van der Waals surface area contributed by atoms with Gasteiger partial charge in [-0.2, -0.15) is 13.2 Å². The smallest absolute Gasteiger partial charge is 0.394 e. The minimum atomic E-state index is -4.34. The van der Waals surface area contributed by atoms with Crippen molar-refractivity contribution in [2.45, 2.75) is 43.5 Å². The Morgan fingerprint density at radius 2 is 1.63 bits per heavy atom. The van der Waals surface area contributed by atoms with Crippen LogP contribution in [0, 0.1) is 0 Å². The molecular formula is C30H34F3N3O4S. The number of carbonyl (C=O) groups excluding carboxylic acids is 1. The number of sulfone groups is 1. The Hall–Kier alpha value is -3.41. The van der Waals surface area contributed by atoms with E-state index in [1.165, 1.54) is 24.3 Å². The normalized spacial score (nSPS) is 17.3. The van der Waals surface area contributed by atoms with Crippen LogP contribution in [0.5, 0.6) is 0 Å². The Balaban J connectivity index is 1.34. The Labute approximate surface area is 238 Å². The number of halogens is 3. The first-order valence-electron chi connectivity index (χ1n) is 13.4. The zero-order valence-corrected chi connectivity index (χ0v) is 23.8. The van der Waals surface area contributed by atoms with E-state index >= 15 is 0 Å². The lowest BCUT2D eigenvalue weighted by Crippen LogP contribution is -2.51. The third-order valence-corrected chi connectivity index (χ3v) is 9.12. The summed E-state index contributed by atoms with van der Waals surface area (Å²) in [5.74, 6) is -0.380. The van der Waals surface area contributed by atoms with Crippen molar-refractivity contribution in [2.24, 2.45) is 0 Å². The number of rotatable bonds is 9. The summed E-state index contributed by atoms with van der Waals surface area (Å²) in [5.41, 5.74) is 2.15. The van der Waals surface area contributed by atoms with Crippen LogP contribution in [0.2, 0.25) is 0 Å². The highest BCUT2D eigenvalue weighted by Gasteiger charge is 2.30. The van der Waals surface area contributed by atoms with E-state index in [0.717, 1.165) is 43.0 Å². The van der Waals surface area contributed by atoms with Crippen molar-refractivity contribution in [3.8, 4) is 0 Å². The van der Waals surface area contributed by atoms with Crippen LogP contribution in [0.15, 0.2) is 77.7 Å². The second-order valence-electron chi connectivity index (χ2n) is 10.2. The van der Waals surface area contributed by atoms with Gasteiger partial charge in [-0.3, -0.25) is 9.69 Å². The van der Waals surface area contributed by atoms with Gasteiger partial charge in [-0.25, -0.2) is 8.42 Å². The van der Waals surface area contributed by atoms with Gasteiger partial charge in [0.2, 0.25) is 0 Å². The van der Waals surface area contributed by atoms with Gasteiger partial charge in [0.15, 0.2) is 9.84 Å². The molecule has 0 radical (unpaired) electrons. The molecule has 1 aliphatic heterocycles. The fraction of sp³-hybridized carbons (Fsp3) is 0.367. The molecule has 220 valence electrons. The maximum atomic E-state index is 12.9. The van der Waals surface area contributed by atoms with E-state index in [4.69, 9.17) is 0 Å². The van der Waals surface area contributed by atoms with Crippen molar-refractivity contribution in [3.63, 3.8) is 0 Å². The van der Waals surface area contributed by atoms with E-state index < -0.39 is 27.6 Å². The molecule has 0 unspecified atom stereocenters. The standard InChI is InChI=1S/C30H34F3N3O4S/c1-3-41(39,40)27-14-8-23(9-15-27)28(20-37)34-29(38)24-6-12-26(13-7-24)36-17-16-35(18-21(36)2)19-22-4-10-25(11-5-22)30(31,32)33/h4-15,21,28,37H,3,16-20H2,1-2H3,(H,34,38)/t21-,28+/m1/s1. The van der Waals surface area contributed by atoms with Gasteiger partial charge in [-0.1, -0.05) is 31.2 Å². The molecule has 4 rings (SSSR count). The summed E-state index contributed by atoms with van der Waals surface area (Å²) in [5, 5.41) is 12.7. The Bertz CT molecular complexity index is 1430. The summed E-state index contributed by atoms with van der Waals surface area (Å²) in [6, 6.07) is 18.0. The molecule has 11 heteroatoms. The number of piperazine rings is 1. The van der Waals surface area contributed by atoms with Crippen molar-refractivity contribution in [1.82, 2.24) is 10.2 Å². The quantitative estimate of drug-likeness (QED) is 0.377. The minimum absolute atomic E-state index is 0.0142. The molecule has 1 fully saturated rings. The molecule has 3 aromatic carbocycles. The molecule has 0 saturated carbocycles. The number of anilines is 1. The molecule has 41 heavy (non-hydrogen) atoms. The largest absolute Gasteiger partial charge is 0.416 e. The van der Waals surface area contributed by atoms with E-state index in [9.17, 15) is 31.5 Å². The number of nitrogens with one attached hydrogen (secondary N) is 1. The second kappa shape index (κ2) is 12.6. The number of aliphatic hydroxyl groups excluding tert-OH is 1. The number of hydrogen-bond acceptors (Lipinski definition) is 6. The number of amides is 1. The van der Waals surface area contributed by atoms with Crippen molar-refractivity contribution in [1.29, 1.82) is 0 Å². The molecule has 0 aromatic heterocycles. The van der Waals surface area contributed by atoms with Gasteiger partial charge in [0.25, 0.3) is 5.91 Å². The van der Waals surface area contributed by atoms with Crippen molar-refractivity contribution in [2.75, 3.05) is 36.9 Å². The van der Waals surface area contributed by atoms with Gasteiger partial charge in [-0.05, 0) is 66.6 Å². The first-order valence-corrected chi connectivity index (χ1v) is 15.1. The third kappa shape index (κ3) is 7.46. The number of carbonyl (C=O) groups is 1. The van der Waals surface area contributed by atoms with Crippen LogP contribution in [-0.4, -0.2) is 62.4 Å². The minimum Gasteiger partial charge on any atom is -0.394 e. The number of hydrogen-bond donors (Lipinski definition) is 2. The van der Waals surface area contributed by atoms with E-state index in [-0.39, 0.29) is 29.2 Å². The van der Waals surface area contributed by atoms with Crippen LogP contribution in [0.3, 0.4) is 0 Å². The molecule has 0 bridgehead atoms. The van der Waals surface area contributed by atoms with Crippen LogP contribution in [0.4, 0.5) is 18.9 Å². The van der Waals surface area contributed by atoms with Crippen LogP contribution >= 0.6 is 0 Å². The second-order valence-corrected chi connectivity index (χ2v) is 12.5. The number of nitrogens with zero attached hydrogens (tertiary/aromatic N) is 2. The first-order chi connectivity index (χ1) is 19.4. The van der Waals surface area contributed by atoms with E-state index in [2.05, 4.69) is 22.0 Å². The molecule has 1 heterocycles. The van der Waals surface area contributed by atoms with Gasteiger partial charge in [0, 0.05) is 43.5 Å². The lowest BCUT2D eigenvalue weighted by atomic mass is 10.1. The van der Waals surface area contributed by atoms with Gasteiger partial charge < -0.3 is 15.3 Å². The van der Waals surface area contributed by atoms with E-state index in [1.807, 2.05) is 12.1 Å². The van der Waals surface area contributed by atoms with Crippen molar-refractivity contribution in [3.05, 3.63) is 95.1 Å². The third-order valence-electron chi connectivity index (χ3n) is 7.37. The lowest BCUT2D eigenvalue weighted by Gasteiger charge is -2.41. The molecule has 1 aliphatic rings. The predicted molar refractivity (Wildman–Crippen MR) is 151 cm³/mol. The molecule has 0 spiro atoms. The van der Waals surface area contributed by atoms with Crippen LogP contribution in [0.25, 0.3) is 0 Å². The van der Waals surface area contributed by atoms with Crippen LogP contribution in [-0.2, 0) is 22.6 Å². The summed E-state index contributed by atoms with van der Waals surface area (Å²) < 4.78 is 62.6. The van der Waals surface area contributed by atoms with E-state index in [0.29, 0.717) is 17.7 Å². The van der Waals surface area contributed by atoms with Gasteiger partial charge in [-0.15, -0.1) is 0 Å². The zero-order chi connectivity index (χ0) is 29.8. The highest BCUT2D eigenvalue weighted by molar-refractivity contribution is 7.91. The molecular weight excluding hydrogens is 555 g/mol. The number of benzene rings is 3. The summed E-state index contributed by atoms with van der Waals surface area (Å²) in [6.07, 6.45) is -4.34. The maximum Gasteiger partial charge on any atom is 0.416 e. The Kier molecular flexibility index (Phi) is 9.41. The van der Waals surface area contributed by atoms with Gasteiger partial charge >= 0.3 is 6.18 Å². The highest BCUT2D eigenvalue weighted by atomic mass is 32.2. The fourth-order valence-electron chi connectivity index (χ4n) is 4.97.